The molecule has 0 atom stereocenters. The van der Waals surface area contributed by atoms with Gasteiger partial charge in [0.1, 0.15) is 11.4 Å². The highest BCUT2D eigenvalue weighted by Gasteiger charge is 2.34. The maximum absolute atomic E-state index is 6.03. The van der Waals surface area contributed by atoms with E-state index in [-0.39, 0.29) is 5.41 Å². The quantitative estimate of drug-likeness (QED) is 0.913. The van der Waals surface area contributed by atoms with E-state index in [1.807, 2.05) is 0 Å². The summed E-state index contributed by atoms with van der Waals surface area (Å²) in [6.45, 7) is 10.5. The van der Waals surface area contributed by atoms with Crippen molar-refractivity contribution in [2.24, 2.45) is 0 Å². The fourth-order valence-corrected chi connectivity index (χ4v) is 2.88. The van der Waals surface area contributed by atoms with E-state index in [9.17, 15) is 0 Å². The number of nitrogen functional groups attached to an aromatic ring is 1. The van der Waals surface area contributed by atoms with Crippen LogP contribution in [-0.2, 0) is 15.8 Å². The first-order valence-electron chi connectivity index (χ1n) is 6.61. The minimum absolute atomic E-state index is 0.106. The third-order valence-electron chi connectivity index (χ3n) is 3.53. The van der Waals surface area contributed by atoms with Crippen molar-refractivity contribution in [3.63, 3.8) is 0 Å². The van der Waals surface area contributed by atoms with Crippen molar-refractivity contribution >= 4 is 21.7 Å². The number of halogens is 1. The molecule has 0 unspecified atom stereocenters. The molecule has 0 aliphatic heterocycles. The molecule has 0 amide bonds. The lowest BCUT2D eigenvalue weighted by Gasteiger charge is -2.30. The van der Waals surface area contributed by atoms with Gasteiger partial charge in [-0.25, -0.2) is 9.97 Å². The van der Waals surface area contributed by atoms with Crippen molar-refractivity contribution in [2.45, 2.75) is 58.5 Å². The van der Waals surface area contributed by atoms with Crippen LogP contribution in [0.5, 0.6) is 0 Å². The number of methoxy groups -OCH3 is 1. The molecule has 1 aromatic heterocycles. The molecule has 108 valence electrons. The second kappa shape index (κ2) is 5.75. The molecule has 4 nitrogen and oxygen atoms in total. The third kappa shape index (κ3) is 3.08. The van der Waals surface area contributed by atoms with Crippen LogP contribution in [0, 0.1) is 0 Å². The fraction of sp³-hybridized carbons (Fsp3) is 0.714. The highest BCUT2D eigenvalue weighted by Crippen LogP contribution is 2.36. The van der Waals surface area contributed by atoms with Gasteiger partial charge in [-0.15, -0.1) is 0 Å². The van der Waals surface area contributed by atoms with Gasteiger partial charge < -0.3 is 10.5 Å². The third-order valence-corrected chi connectivity index (χ3v) is 4.31. The van der Waals surface area contributed by atoms with Crippen molar-refractivity contribution < 1.29 is 4.74 Å². The van der Waals surface area contributed by atoms with Crippen molar-refractivity contribution in [2.75, 3.05) is 12.8 Å². The van der Waals surface area contributed by atoms with Crippen molar-refractivity contribution in [3.8, 4) is 0 Å². The first-order chi connectivity index (χ1) is 8.71. The minimum Gasteiger partial charge on any atom is -0.383 e. The molecule has 1 aromatic rings. The first kappa shape index (κ1) is 16.4. The van der Waals surface area contributed by atoms with Gasteiger partial charge in [-0.1, -0.05) is 34.6 Å². The van der Waals surface area contributed by atoms with Gasteiger partial charge in [0.25, 0.3) is 0 Å². The van der Waals surface area contributed by atoms with E-state index in [0.29, 0.717) is 11.6 Å². The van der Waals surface area contributed by atoms with E-state index in [0.717, 1.165) is 23.0 Å². The smallest absolute Gasteiger partial charge is 0.162 e. The maximum atomic E-state index is 6.03. The Bertz CT molecular complexity index is 442. The average Bonchev–Trinajstić information content (AvgIpc) is 2.34. The lowest BCUT2D eigenvalue weighted by molar-refractivity contribution is -0.0293. The summed E-state index contributed by atoms with van der Waals surface area (Å²) in [6, 6.07) is 0. The van der Waals surface area contributed by atoms with Gasteiger partial charge in [0.05, 0.1) is 10.2 Å². The van der Waals surface area contributed by atoms with E-state index in [4.69, 9.17) is 15.5 Å². The van der Waals surface area contributed by atoms with Crippen LogP contribution in [0.3, 0.4) is 0 Å². The summed E-state index contributed by atoms with van der Waals surface area (Å²) < 4.78 is 6.47. The molecule has 2 N–H and O–H groups in total. The predicted molar refractivity (Wildman–Crippen MR) is 82.1 cm³/mol. The summed E-state index contributed by atoms with van der Waals surface area (Å²) in [5.74, 6) is 1.14. The minimum atomic E-state index is -0.463. The Morgan fingerprint density at radius 1 is 1.16 bits per heavy atom. The highest BCUT2D eigenvalue weighted by atomic mass is 79.9. The van der Waals surface area contributed by atoms with E-state index < -0.39 is 5.60 Å². The van der Waals surface area contributed by atoms with Crippen LogP contribution in [0.15, 0.2) is 4.47 Å². The number of ether oxygens (including phenoxy) is 1. The fourth-order valence-electron chi connectivity index (χ4n) is 2.11. The molecule has 0 aromatic carbocycles. The summed E-state index contributed by atoms with van der Waals surface area (Å²) in [5.41, 5.74) is 6.37. The van der Waals surface area contributed by atoms with Gasteiger partial charge in [-0.3, -0.25) is 0 Å². The molecule has 0 radical (unpaired) electrons. The standard InChI is InChI=1S/C14H24BrN3O/c1-7-14(8-2,19-6)12-17-10(13(3,4)5)9(15)11(16)18-12/h7-8H2,1-6H3,(H2,16,17,18). The number of nitrogens with two attached hydrogens (primary N) is 1. The Balaban J connectivity index is 3.51. The molecule has 0 fully saturated rings. The Kier molecular flexibility index (Phi) is 4.96. The molecule has 0 spiro atoms. The summed E-state index contributed by atoms with van der Waals surface area (Å²) in [5, 5.41) is 0. The molecular formula is C14H24BrN3O. The summed E-state index contributed by atoms with van der Waals surface area (Å²) in [6.07, 6.45) is 1.62. The number of anilines is 1. The van der Waals surface area contributed by atoms with Gasteiger partial charge >= 0.3 is 0 Å². The van der Waals surface area contributed by atoms with E-state index in [1.165, 1.54) is 0 Å². The summed E-state index contributed by atoms with van der Waals surface area (Å²) in [4.78, 5) is 9.15. The predicted octanol–water partition coefficient (Wildman–Crippen LogP) is 3.78. The van der Waals surface area contributed by atoms with Gasteiger partial charge in [0, 0.05) is 12.5 Å². The van der Waals surface area contributed by atoms with Crippen LogP contribution >= 0.6 is 15.9 Å². The molecule has 0 aliphatic carbocycles. The highest BCUT2D eigenvalue weighted by molar-refractivity contribution is 9.10. The van der Waals surface area contributed by atoms with Crippen LogP contribution in [-0.4, -0.2) is 17.1 Å². The Hall–Kier alpha value is -0.680. The van der Waals surface area contributed by atoms with Crippen LogP contribution in [0.25, 0.3) is 0 Å². The summed E-state index contributed by atoms with van der Waals surface area (Å²) in [7, 11) is 1.70. The largest absolute Gasteiger partial charge is 0.383 e. The molecule has 0 aliphatic rings. The van der Waals surface area contributed by atoms with Crippen molar-refractivity contribution in [1.82, 2.24) is 9.97 Å². The van der Waals surface area contributed by atoms with Crippen LogP contribution in [0.4, 0.5) is 5.82 Å². The molecule has 0 bridgehead atoms. The van der Waals surface area contributed by atoms with Crippen molar-refractivity contribution in [1.29, 1.82) is 0 Å². The molecule has 19 heavy (non-hydrogen) atoms. The van der Waals surface area contributed by atoms with Crippen LogP contribution < -0.4 is 5.73 Å². The second-order valence-electron chi connectivity index (χ2n) is 5.75. The molecule has 1 rings (SSSR count). The number of rotatable bonds is 4. The van der Waals surface area contributed by atoms with Gasteiger partial charge in [-0.2, -0.15) is 0 Å². The number of hydrogen-bond donors (Lipinski definition) is 1. The number of aromatic nitrogens is 2. The first-order valence-corrected chi connectivity index (χ1v) is 7.40. The van der Waals surface area contributed by atoms with E-state index >= 15 is 0 Å². The molecule has 0 saturated carbocycles. The van der Waals surface area contributed by atoms with Gasteiger partial charge in [-0.05, 0) is 28.8 Å². The maximum Gasteiger partial charge on any atom is 0.162 e. The van der Waals surface area contributed by atoms with E-state index in [1.54, 1.807) is 7.11 Å². The second-order valence-corrected chi connectivity index (χ2v) is 6.54. The normalized spacial score (nSPS) is 12.8. The SMILES string of the molecule is CCC(CC)(OC)c1nc(N)c(Br)c(C(C)(C)C)n1. The molecule has 1 heterocycles. The molecular weight excluding hydrogens is 306 g/mol. The van der Waals surface area contributed by atoms with Crippen molar-refractivity contribution in [3.05, 3.63) is 16.0 Å². The Morgan fingerprint density at radius 3 is 2.05 bits per heavy atom. The average molecular weight is 330 g/mol. The van der Waals surface area contributed by atoms with Gasteiger partial charge in [0.15, 0.2) is 5.82 Å². The lowest BCUT2D eigenvalue weighted by atomic mass is 9.90. The Morgan fingerprint density at radius 2 is 1.68 bits per heavy atom. The molecule has 0 saturated heterocycles. The molecule has 5 heteroatoms. The van der Waals surface area contributed by atoms with E-state index in [2.05, 4.69) is 55.5 Å². The number of nitrogens with zero attached hydrogens (tertiary/aromatic N) is 2. The van der Waals surface area contributed by atoms with Gasteiger partial charge in [0.2, 0.25) is 0 Å². The zero-order valence-corrected chi connectivity index (χ0v) is 14.3. The Labute approximate surface area is 124 Å². The summed E-state index contributed by atoms with van der Waals surface area (Å²) >= 11 is 3.49. The monoisotopic (exact) mass is 329 g/mol. The topological polar surface area (TPSA) is 61.0 Å². The lowest BCUT2D eigenvalue weighted by Crippen LogP contribution is -2.31. The van der Waals surface area contributed by atoms with Crippen LogP contribution in [0.2, 0.25) is 0 Å². The zero-order valence-electron chi connectivity index (χ0n) is 12.7. The zero-order chi connectivity index (χ0) is 14.8. The van der Waals surface area contributed by atoms with Crippen LogP contribution in [0.1, 0.15) is 59.0 Å². The number of hydrogen-bond acceptors (Lipinski definition) is 4.